The molecule has 0 aliphatic rings. The molecule has 16 heavy (non-hydrogen) atoms. The van der Waals surface area contributed by atoms with Crippen LogP contribution < -0.4 is 0 Å². The molecular weight excluding hydrogens is 274 g/mol. The monoisotopic (exact) mass is 290 g/mol. The van der Waals surface area contributed by atoms with E-state index in [0.717, 1.165) is 23.7 Å². The van der Waals surface area contributed by atoms with Crippen molar-refractivity contribution < 1.29 is 8.78 Å². The number of hydrogen-bond acceptors (Lipinski definition) is 0. The molecule has 0 spiro atoms. The van der Waals surface area contributed by atoms with Gasteiger partial charge in [0.25, 0.3) is 0 Å². The average Bonchev–Trinajstić information content (AvgIpc) is 2.22. The van der Waals surface area contributed by atoms with Crippen LogP contribution in [0.25, 0.3) is 0 Å². The van der Waals surface area contributed by atoms with Gasteiger partial charge in [0.15, 0.2) is 11.6 Å². The Morgan fingerprint density at radius 2 is 1.88 bits per heavy atom. The second-order valence-electron chi connectivity index (χ2n) is 4.60. The molecule has 1 unspecified atom stereocenters. The van der Waals surface area contributed by atoms with E-state index in [-0.39, 0.29) is 0 Å². The maximum Gasteiger partial charge on any atom is 0.159 e. The zero-order chi connectivity index (χ0) is 12.1. The summed E-state index contributed by atoms with van der Waals surface area (Å²) in [6, 6.07) is 4.16. The lowest BCUT2D eigenvalue weighted by Gasteiger charge is -2.16. The van der Waals surface area contributed by atoms with Gasteiger partial charge in [-0.1, -0.05) is 35.8 Å². The fourth-order valence-corrected chi connectivity index (χ4v) is 2.36. The zero-order valence-corrected chi connectivity index (χ0v) is 11.2. The Morgan fingerprint density at radius 3 is 2.38 bits per heavy atom. The molecule has 0 aliphatic heterocycles. The summed E-state index contributed by atoms with van der Waals surface area (Å²) < 4.78 is 25.8. The predicted molar refractivity (Wildman–Crippen MR) is 66.8 cm³/mol. The molecule has 1 aromatic rings. The molecule has 0 heterocycles. The number of alkyl halides is 1. The van der Waals surface area contributed by atoms with E-state index in [2.05, 4.69) is 29.8 Å². The highest BCUT2D eigenvalue weighted by atomic mass is 79.9. The van der Waals surface area contributed by atoms with Gasteiger partial charge in [-0.25, -0.2) is 8.78 Å². The molecule has 0 N–H and O–H groups in total. The highest BCUT2D eigenvalue weighted by Crippen LogP contribution is 2.20. The van der Waals surface area contributed by atoms with Crippen LogP contribution in [0.15, 0.2) is 18.2 Å². The average molecular weight is 291 g/mol. The Balaban J connectivity index is 2.66. The van der Waals surface area contributed by atoms with E-state index >= 15 is 0 Å². The summed E-state index contributed by atoms with van der Waals surface area (Å²) in [5, 5.41) is 0.893. The first-order chi connectivity index (χ1) is 7.52. The second kappa shape index (κ2) is 6.33. The fourth-order valence-electron chi connectivity index (χ4n) is 1.87. The summed E-state index contributed by atoms with van der Waals surface area (Å²) >= 11 is 3.47. The van der Waals surface area contributed by atoms with Crippen molar-refractivity contribution in [1.82, 2.24) is 0 Å². The molecule has 0 saturated heterocycles. The molecule has 90 valence electrons. The van der Waals surface area contributed by atoms with Crippen molar-refractivity contribution in [3.05, 3.63) is 35.4 Å². The number of benzene rings is 1. The van der Waals surface area contributed by atoms with Crippen molar-refractivity contribution in [2.45, 2.75) is 26.7 Å². The van der Waals surface area contributed by atoms with Crippen LogP contribution in [0.1, 0.15) is 25.8 Å². The Bertz CT molecular complexity index is 337. The van der Waals surface area contributed by atoms with Gasteiger partial charge in [0.2, 0.25) is 0 Å². The summed E-state index contributed by atoms with van der Waals surface area (Å²) in [6.45, 7) is 4.34. The molecular formula is C13H17BrF2. The Morgan fingerprint density at radius 1 is 1.19 bits per heavy atom. The summed E-state index contributed by atoms with van der Waals surface area (Å²) in [6.07, 6.45) is 1.88. The van der Waals surface area contributed by atoms with Crippen LogP contribution in [0.2, 0.25) is 0 Å². The van der Waals surface area contributed by atoms with Crippen LogP contribution in [-0.4, -0.2) is 5.33 Å². The minimum Gasteiger partial charge on any atom is -0.204 e. The molecule has 0 nitrogen and oxygen atoms in total. The summed E-state index contributed by atoms with van der Waals surface area (Å²) in [5.74, 6) is -0.434. The highest BCUT2D eigenvalue weighted by molar-refractivity contribution is 9.09. The van der Waals surface area contributed by atoms with Gasteiger partial charge in [-0.15, -0.1) is 0 Å². The topological polar surface area (TPSA) is 0 Å². The summed E-state index contributed by atoms with van der Waals surface area (Å²) in [7, 11) is 0. The largest absolute Gasteiger partial charge is 0.204 e. The van der Waals surface area contributed by atoms with Gasteiger partial charge in [0.05, 0.1) is 0 Å². The van der Waals surface area contributed by atoms with Gasteiger partial charge in [-0.05, 0) is 42.4 Å². The zero-order valence-electron chi connectivity index (χ0n) is 9.64. The van der Waals surface area contributed by atoms with Gasteiger partial charge in [0.1, 0.15) is 0 Å². The van der Waals surface area contributed by atoms with Crippen molar-refractivity contribution in [2.24, 2.45) is 11.8 Å². The second-order valence-corrected chi connectivity index (χ2v) is 5.25. The molecule has 0 bridgehead atoms. The first-order valence-corrected chi connectivity index (χ1v) is 6.65. The van der Waals surface area contributed by atoms with E-state index in [1.54, 1.807) is 6.07 Å². The van der Waals surface area contributed by atoms with Gasteiger partial charge < -0.3 is 0 Å². The molecule has 0 radical (unpaired) electrons. The third-order valence-corrected chi connectivity index (χ3v) is 3.45. The minimum absolute atomic E-state index is 0.477. The molecule has 1 aromatic carbocycles. The quantitative estimate of drug-likeness (QED) is 0.697. The standard InChI is InChI=1S/C13H17BrF2/c1-9(2)5-11(8-14)6-10-3-4-12(15)13(16)7-10/h3-4,7,9,11H,5-6,8H2,1-2H3. The molecule has 0 fully saturated rings. The normalized spacial score (nSPS) is 13.1. The van der Waals surface area contributed by atoms with Crippen molar-refractivity contribution in [3.8, 4) is 0 Å². The molecule has 1 rings (SSSR count). The Kier molecular flexibility index (Phi) is 5.39. The molecule has 0 aromatic heterocycles. The Labute approximate surface area is 104 Å². The van der Waals surface area contributed by atoms with Crippen molar-refractivity contribution in [2.75, 3.05) is 5.33 Å². The lowest BCUT2D eigenvalue weighted by Crippen LogP contribution is -2.09. The highest BCUT2D eigenvalue weighted by Gasteiger charge is 2.12. The maximum atomic E-state index is 13.0. The number of halogens is 3. The van der Waals surface area contributed by atoms with Crippen molar-refractivity contribution >= 4 is 15.9 Å². The van der Waals surface area contributed by atoms with Crippen LogP contribution >= 0.6 is 15.9 Å². The molecule has 0 aliphatic carbocycles. The summed E-state index contributed by atoms with van der Waals surface area (Å²) in [4.78, 5) is 0. The lowest BCUT2D eigenvalue weighted by molar-refractivity contribution is 0.442. The Hall–Kier alpha value is -0.440. The molecule has 0 amide bonds. The van der Waals surface area contributed by atoms with E-state index in [1.807, 2.05) is 0 Å². The van der Waals surface area contributed by atoms with Crippen LogP contribution in [0.4, 0.5) is 8.78 Å². The van der Waals surface area contributed by atoms with Crippen molar-refractivity contribution in [3.63, 3.8) is 0 Å². The van der Waals surface area contributed by atoms with E-state index < -0.39 is 11.6 Å². The van der Waals surface area contributed by atoms with Crippen LogP contribution in [0, 0.1) is 23.5 Å². The van der Waals surface area contributed by atoms with E-state index in [4.69, 9.17) is 0 Å². The fraction of sp³-hybridized carbons (Fsp3) is 0.538. The third kappa shape index (κ3) is 4.20. The third-order valence-electron chi connectivity index (χ3n) is 2.53. The molecule has 3 heteroatoms. The first kappa shape index (κ1) is 13.6. The van der Waals surface area contributed by atoms with Crippen LogP contribution in [-0.2, 0) is 6.42 Å². The van der Waals surface area contributed by atoms with Gasteiger partial charge in [-0.3, -0.25) is 0 Å². The molecule has 0 saturated carbocycles. The summed E-state index contributed by atoms with van der Waals surface area (Å²) in [5.41, 5.74) is 0.865. The van der Waals surface area contributed by atoms with E-state index in [1.165, 1.54) is 12.1 Å². The molecule has 1 atom stereocenters. The predicted octanol–water partition coefficient (Wildman–Crippen LogP) is 4.56. The van der Waals surface area contributed by atoms with Crippen LogP contribution in [0.5, 0.6) is 0 Å². The van der Waals surface area contributed by atoms with Gasteiger partial charge in [-0.2, -0.15) is 0 Å². The lowest BCUT2D eigenvalue weighted by atomic mass is 9.92. The number of rotatable bonds is 5. The van der Waals surface area contributed by atoms with Crippen molar-refractivity contribution in [1.29, 1.82) is 0 Å². The maximum absolute atomic E-state index is 13.0. The van der Waals surface area contributed by atoms with E-state index in [9.17, 15) is 8.78 Å². The van der Waals surface area contributed by atoms with Gasteiger partial charge >= 0.3 is 0 Å². The first-order valence-electron chi connectivity index (χ1n) is 5.52. The smallest absolute Gasteiger partial charge is 0.159 e. The van der Waals surface area contributed by atoms with E-state index in [0.29, 0.717) is 11.8 Å². The SMILES string of the molecule is CC(C)CC(CBr)Cc1ccc(F)c(F)c1. The van der Waals surface area contributed by atoms with Crippen LogP contribution in [0.3, 0.4) is 0 Å². The van der Waals surface area contributed by atoms with Gasteiger partial charge in [0, 0.05) is 5.33 Å². The number of hydrogen-bond donors (Lipinski definition) is 0. The minimum atomic E-state index is -0.775.